The molecule has 0 amide bonds. The standard InChI is InChI=1S/C10H21NOS/c11-5-6-13-8-10(12)7-9-3-1-2-4-9/h9-10,12H,1-8,11H2. The fourth-order valence-electron chi connectivity index (χ4n) is 2.00. The predicted molar refractivity (Wildman–Crippen MR) is 59.0 cm³/mol. The largest absolute Gasteiger partial charge is 0.392 e. The van der Waals surface area contributed by atoms with E-state index in [0.29, 0.717) is 0 Å². The van der Waals surface area contributed by atoms with E-state index in [9.17, 15) is 5.11 Å². The molecule has 0 radical (unpaired) electrons. The summed E-state index contributed by atoms with van der Waals surface area (Å²) in [5.74, 6) is 2.64. The van der Waals surface area contributed by atoms with Gasteiger partial charge in [0.2, 0.25) is 0 Å². The average molecular weight is 203 g/mol. The highest BCUT2D eigenvalue weighted by Gasteiger charge is 2.18. The summed E-state index contributed by atoms with van der Waals surface area (Å²) in [5, 5.41) is 9.67. The van der Waals surface area contributed by atoms with Gasteiger partial charge in [0, 0.05) is 18.1 Å². The van der Waals surface area contributed by atoms with Gasteiger partial charge in [-0.05, 0) is 12.3 Å². The monoisotopic (exact) mass is 203 g/mol. The maximum absolute atomic E-state index is 9.67. The Labute approximate surface area is 85.3 Å². The Kier molecular flexibility index (Phi) is 5.83. The molecule has 0 aromatic rings. The Hall–Kier alpha value is 0.270. The van der Waals surface area contributed by atoms with Crippen molar-refractivity contribution in [2.75, 3.05) is 18.1 Å². The molecule has 1 aliphatic carbocycles. The summed E-state index contributed by atoms with van der Waals surface area (Å²) in [4.78, 5) is 0. The molecule has 1 unspecified atom stereocenters. The first-order chi connectivity index (χ1) is 6.33. The van der Waals surface area contributed by atoms with Gasteiger partial charge in [-0.25, -0.2) is 0 Å². The molecular formula is C10H21NOS. The van der Waals surface area contributed by atoms with Crippen molar-refractivity contribution in [3.63, 3.8) is 0 Å². The zero-order chi connectivity index (χ0) is 9.52. The van der Waals surface area contributed by atoms with Crippen molar-refractivity contribution in [2.45, 2.75) is 38.2 Å². The average Bonchev–Trinajstić information content (AvgIpc) is 2.57. The summed E-state index contributed by atoms with van der Waals surface area (Å²) < 4.78 is 0. The molecule has 0 aromatic carbocycles. The van der Waals surface area contributed by atoms with E-state index in [-0.39, 0.29) is 6.10 Å². The minimum Gasteiger partial charge on any atom is -0.392 e. The van der Waals surface area contributed by atoms with E-state index in [0.717, 1.165) is 30.4 Å². The van der Waals surface area contributed by atoms with Crippen molar-refractivity contribution in [1.82, 2.24) is 0 Å². The van der Waals surface area contributed by atoms with Crippen LogP contribution in [0.25, 0.3) is 0 Å². The van der Waals surface area contributed by atoms with Crippen molar-refractivity contribution in [3.05, 3.63) is 0 Å². The van der Waals surface area contributed by atoms with Crippen LogP contribution in [0.1, 0.15) is 32.1 Å². The molecule has 1 fully saturated rings. The van der Waals surface area contributed by atoms with Gasteiger partial charge in [-0.2, -0.15) is 11.8 Å². The normalized spacial score (nSPS) is 20.8. The maximum atomic E-state index is 9.67. The van der Waals surface area contributed by atoms with Gasteiger partial charge in [-0.3, -0.25) is 0 Å². The van der Waals surface area contributed by atoms with Gasteiger partial charge >= 0.3 is 0 Å². The Morgan fingerprint density at radius 3 is 2.69 bits per heavy atom. The lowest BCUT2D eigenvalue weighted by molar-refractivity contribution is 0.166. The molecule has 0 spiro atoms. The van der Waals surface area contributed by atoms with Crippen LogP contribution in [-0.4, -0.2) is 29.3 Å². The molecule has 0 heterocycles. The molecule has 0 aromatic heterocycles. The van der Waals surface area contributed by atoms with E-state index < -0.39 is 0 Å². The molecule has 1 rings (SSSR count). The van der Waals surface area contributed by atoms with Crippen LogP contribution in [0.2, 0.25) is 0 Å². The van der Waals surface area contributed by atoms with Crippen molar-refractivity contribution < 1.29 is 5.11 Å². The predicted octanol–water partition coefficient (Wildman–Crippen LogP) is 1.62. The van der Waals surface area contributed by atoms with Gasteiger partial charge in [0.1, 0.15) is 0 Å². The van der Waals surface area contributed by atoms with Gasteiger partial charge in [0.05, 0.1) is 6.10 Å². The Morgan fingerprint density at radius 2 is 2.08 bits per heavy atom. The number of nitrogens with two attached hydrogens (primary N) is 1. The van der Waals surface area contributed by atoms with Crippen LogP contribution in [-0.2, 0) is 0 Å². The Morgan fingerprint density at radius 1 is 1.38 bits per heavy atom. The number of aliphatic hydroxyl groups excluding tert-OH is 1. The first-order valence-corrected chi connectivity index (χ1v) is 6.44. The first-order valence-electron chi connectivity index (χ1n) is 5.29. The molecule has 3 N–H and O–H groups in total. The lowest BCUT2D eigenvalue weighted by Gasteiger charge is -2.14. The van der Waals surface area contributed by atoms with Crippen LogP contribution in [0, 0.1) is 5.92 Å². The Bertz CT molecular complexity index is 126. The molecule has 2 nitrogen and oxygen atoms in total. The van der Waals surface area contributed by atoms with Crippen LogP contribution in [0.15, 0.2) is 0 Å². The highest BCUT2D eigenvalue weighted by atomic mass is 32.2. The van der Waals surface area contributed by atoms with Gasteiger partial charge in [0.25, 0.3) is 0 Å². The third kappa shape index (κ3) is 4.89. The summed E-state index contributed by atoms with van der Waals surface area (Å²) in [7, 11) is 0. The fourth-order valence-corrected chi connectivity index (χ4v) is 2.74. The third-order valence-electron chi connectivity index (χ3n) is 2.65. The summed E-state index contributed by atoms with van der Waals surface area (Å²) >= 11 is 1.77. The lowest BCUT2D eigenvalue weighted by atomic mass is 10.0. The van der Waals surface area contributed by atoms with E-state index in [1.54, 1.807) is 11.8 Å². The number of rotatable bonds is 6. The highest BCUT2D eigenvalue weighted by Crippen LogP contribution is 2.29. The van der Waals surface area contributed by atoms with Gasteiger partial charge in [-0.1, -0.05) is 25.7 Å². The van der Waals surface area contributed by atoms with E-state index in [4.69, 9.17) is 5.73 Å². The van der Waals surface area contributed by atoms with Gasteiger partial charge in [0.15, 0.2) is 0 Å². The minimum atomic E-state index is -0.0975. The second kappa shape index (κ2) is 6.68. The number of thioether (sulfide) groups is 1. The van der Waals surface area contributed by atoms with E-state index in [1.807, 2.05) is 0 Å². The zero-order valence-electron chi connectivity index (χ0n) is 8.24. The maximum Gasteiger partial charge on any atom is 0.0633 e. The first kappa shape index (κ1) is 11.3. The van der Waals surface area contributed by atoms with Crippen LogP contribution in [0.4, 0.5) is 0 Å². The van der Waals surface area contributed by atoms with Gasteiger partial charge < -0.3 is 10.8 Å². The summed E-state index contributed by atoms with van der Waals surface area (Å²) in [5.41, 5.74) is 5.38. The summed E-state index contributed by atoms with van der Waals surface area (Å²) in [6, 6.07) is 0. The van der Waals surface area contributed by atoms with Crippen LogP contribution < -0.4 is 5.73 Å². The second-order valence-electron chi connectivity index (χ2n) is 3.90. The van der Waals surface area contributed by atoms with Crippen LogP contribution in [0.3, 0.4) is 0 Å². The van der Waals surface area contributed by atoms with Gasteiger partial charge in [-0.15, -0.1) is 0 Å². The molecule has 1 atom stereocenters. The minimum absolute atomic E-state index is 0.0975. The SMILES string of the molecule is NCCSCC(O)CC1CCCC1. The van der Waals surface area contributed by atoms with Crippen LogP contribution >= 0.6 is 11.8 Å². The molecule has 0 aliphatic heterocycles. The number of hydrogen-bond acceptors (Lipinski definition) is 3. The molecule has 1 saturated carbocycles. The summed E-state index contributed by atoms with van der Waals surface area (Å²) in [6.45, 7) is 0.723. The van der Waals surface area contributed by atoms with Crippen molar-refractivity contribution in [3.8, 4) is 0 Å². The topological polar surface area (TPSA) is 46.2 Å². The quantitative estimate of drug-likeness (QED) is 0.645. The van der Waals surface area contributed by atoms with E-state index >= 15 is 0 Å². The summed E-state index contributed by atoms with van der Waals surface area (Å²) in [6.07, 6.45) is 6.31. The van der Waals surface area contributed by atoms with Crippen LogP contribution in [0.5, 0.6) is 0 Å². The lowest BCUT2D eigenvalue weighted by Crippen LogP contribution is -2.15. The molecule has 1 aliphatic rings. The molecule has 13 heavy (non-hydrogen) atoms. The molecular weight excluding hydrogens is 182 g/mol. The fraction of sp³-hybridized carbons (Fsp3) is 1.00. The van der Waals surface area contributed by atoms with E-state index in [1.165, 1.54) is 25.7 Å². The number of hydrogen-bond donors (Lipinski definition) is 2. The van der Waals surface area contributed by atoms with Crippen molar-refractivity contribution in [1.29, 1.82) is 0 Å². The molecule has 3 heteroatoms. The zero-order valence-corrected chi connectivity index (χ0v) is 9.06. The molecule has 78 valence electrons. The number of aliphatic hydroxyl groups is 1. The molecule has 0 bridgehead atoms. The smallest absolute Gasteiger partial charge is 0.0633 e. The molecule has 0 saturated heterocycles. The third-order valence-corrected chi connectivity index (χ3v) is 3.80. The Balaban J connectivity index is 1.99. The second-order valence-corrected chi connectivity index (χ2v) is 5.05. The van der Waals surface area contributed by atoms with E-state index in [2.05, 4.69) is 0 Å². The van der Waals surface area contributed by atoms with Crippen molar-refractivity contribution >= 4 is 11.8 Å². The van der Waals surface area contributed by atoms with Crippen molar-refractivity contribution in [2.24, 2.45) is 11.7 Å². The highest BCUT2D eigenvalue weighted by molar-refractivity contribution is 7.99.